The molecule has 0 unspecified atom stereocenters. The Morgan fingerprint density at radius 1 is 0.477 bits per heavy atom. The predicted octanol–water partition coefficient (Wildman–Crippen LogP) is 16.6. The molecule has 8 aromatic heterocycles. The molecule has 0 saturated heterocycles. The highest BCUT2D eigenvalue weighted by molar-refractivity contribution is 7.89. The van der Waals surface area contributed by atoms with Crippen molar-refractivity contribution in [3.8, 4) is 79.4 Å². The number of hydrogen-bond acceptors (Lipinski definition) is 16. The van der Waals surface area contributed by atoms with Gasteiger partial charge in [0.15, 0.2) is 0 Å². The molecular weight excluding hydrogens is 1520 g/mol. The maximum atomic E-state index is 14.5. The van der Waals surface area contributed by atoms with Crippen LogP contribution in [-0.2, 0) is 34.9 Å². The Kier molecular flexibility index (Phi) is 23.1. The van der Waals surface area contributed by atoms with Gasteiger partial charge in [0, 0.05) is 81.8 Å². The fourth-order valence-corrected chi connectivity index (χ4v) is 13.4. The van der Waals surface area contributed by atoms with Crippen LogP contribution in [0.3, 0.4) is 0 Å². The monoisotopic (exact) mass is 1580 g/mol. The summed E-state index contributed by atoms with van der Waals surface area (Å²) >= 11 is 11.4. The Morgan fingerprint density at radius 3 is 1.16 bits per heavy atom. The average Bonchev–Trinajstić information content (AvgIpc) is 1.70. The number of aromatic amines is 3. The molecule has 5 aromatic carbocycles. The third kappa shape index (κ3) is 16.8. The van der Waals surface area contributed by atoms with E-state index in [2.05, 4.69) is 43.8 Å². The zero-order chi connectivity index (χ0) is 78.1. The molecule has 560 valence electrons. The number of benzene rings is 5. The van der Waals surface area contributed by atoms with Crippen LogP contribution in [0.25, 0.3) is 100 Å². The molecule has 0 radical (unpaired) electrons. The Hall–Kier alpha value is -10.8. The highest BCUT2D eigenvalue weighted by Crippen LogP contribution is 2.38. The molecule has 0 saturated carbocycles. The van der Waals surface area contributed by atoms with Crippen LogP contribution >= 0.6 is 23.2 Å². The zero-order valence-corrected chi connectivity index (χ0v) is 61.4. The third-order valence-corrected chi connectivity index (χ3v) is 21.0. The number of carbonyl (C=O) groups excluding carboxylic acids is 1. The molecule has 0 spiro atoms. The molecule has 107 heavy (non-hydrogen) atoms. The van der Waals surface area contributed by atoms with Crippen molar-refractivity contribution in [2.45, 2.75) is 36.1 Å². The predicted molar refractivity (Wildman–Crippen MR) is 384 cm³/mol. The lowest BCUT2D eigenvalue weighted by molar-refractivity contribution is -0.0502. The number of hydrogen-bond donors (Lipinski definition) is 3. The number of nitrogens with zero attached hydrogens (tertiary/aromatic N) is 7. The topological polar surface area (TPSA) is 276 Å². The SMILES string of the molecule is CCOC(=O)n1c(OS(=O)(=O)C(F)(F)F)cc2nc(Cl)ccc21.COc1cc(F)c(-c2cc3nc(-c4ccc(S(=O)(=O)N(C)C)cc4C)ccc3[nH]2)c(F)c1.COc1cc(F)c(-c2cc3nc(-c4ccc(S(=O)(=O)N(C)C)cc4C)ccc3[nH]2)c(F)c1.COc1cc(F)c(-c2cc3nc(Cl)ccc3[nH]2)c(F)c1. The normalized spacial score (nSPS) is 11.9. The van der Waals surface area contributed by atoms with Crippen molar-refractivity contribution < 1.29 is 92.7 Å². The summed E-state index contributed by atoms with van der Waals surface area (Å²) in [5.74, 6) is -5.01. The van der Waals surface area contributed by atoms with E-state index < -0.39 is 82.5 Å². The van der Waals surface area contributed by atoms with Crippen LogP contribution in [0.4, 0.5) is 44.3 Å². The molecule has 0 aliphatic heterocycles. The van der Waals surface area contributed by atoms with Gasteiger partial charge in [0.05, 0.1) is 127 Å². The van der Waals surface area contributed by atoms with Crippen molar-refractivity contribution >= 4 is 104 Å². The van der Waals surface area contributed by atoms with Gasteiger partial charge in [-0.1, -0.05) is 35.3 Å². The van der Waals surface area contributed by atoms with Crippen molar-refractivity contribution in [3.63, 3.8) is 0 Å². The zero-order valence-electron chi connectivity index (χ0n) is 57.5. The van der Waals surface area contributed by atoms with E-state index in [1.54, 1.807) is 92.7 Å². The number of fused-ring (bicyclic) bond motifs is 4. The maximum Gasteiger partial charge on any atom is 0.534 e. The second-order valence-electron chi connectivity index (χ2n) is 23.3. The molecule has 22 nitrogen and oxygen atoms in total. The number of alkyl halides is 3. The fourth-order valence-electron chi connectivity index (χ4n) is 10.7. The van der Waals surface area contributed by atoms with E-state index in [0.717, 1.165) is 73.3 Å². The lowest BCUT2D eigenvalue weighted by atomic mass is 10.1. The molecule has 8 heterocycles. The quantitative estimate of drug-likeness (QED) is 0.0372. The van der Waals surface area contributed by atoms with Gasteiger partial charge in [0.2, 0.25) is 25.9 Å². The molecule has 0 atom stereocenters. The van der Waals surface area contributed by atoms with Crippen molar-refractivity contribution in [1.29, 1.82) is 0 Å². The molecule has 0 fully saturated rings. The summed E-state index contributed by atoms with van der Waals surface area (Å²) in [6.45, 7) is 4.98. The lowest BCUT2D eigenvalue weighted by Crippen LogP contribution is -2.29. The smallest absolute Gasteiger partial charge is 0.497 e. The number of rotatable bonds is 15. The first-order valence-corrected chi connectivity index (χ1v) is 36.1. The second kappa shape index (κ2) is 31.4. The molecule has 0 bridgehead atoms. The van der Waals surface area contributed by atoms with Gasteiger partial charge < -0.3 is 38.1 Å². The number of pyridine rings is 4. The Bertz CT molecular complexity index is 5690. The largest absolute Gasteiger partial charge is 0.534 e. The van der Waals surface area contributed by atoms with Gasteiger partial charge in [-0.15, -0.1) is 0 Å². The standard InChI is InChI=1S/2C23H21F2N3O3S.C14H9ClF2N2O.C11H8ClF3N2O5S/c2*1-13-9-15(32(29,30)28(2)3)5-6-16(13)19-7-8-20-21(26-19)12-22(27-20)23-17(24)10-14(31-4)11-18(23)25;1-20-7-4-8(16)14(9(17)5-7)12-6-11-10(18-12)2-3-13(15)19-11;1-2-21-10(18)17-7-3-4-8(12)16-6(7)5-9(17)22-23(19,20)11(13,14)15/h2*5-12,27H,1-4H3;2-6,18H,1H3;3-5H,2H2,1H3. The van der Waals surface area contributed by atoms with E-state index in [4.69, 9.17) is 37.4 Å². The number of methoxy groups -OCH3 is 3. The summed E-state index contributed by atoms with van der Waals surface area (Å²) in [6.07, 6.45) is -1.13. The van der Waals surface area contributed by atoms with E-state index >= 15 is 0 Å². The summed E-state index contributed by atoms with van der Waals surface area (Å²) in [4.78, 5) is 38.3. The minimum absolute atomic E-state index is 0.0104. The lowest BCUT2D eigenvalue weighted by Gasteiger charge is -2.13. The van der Waals surface area contributed by atoms with Crippen molar-refractivity contribution in [2.24, 2.45) is 0 Å². The highest BCUT2D eigenvalue weighted by atomic mass is 35.5. The molecule has 0 aliphatic carbocycles. The molecule has 13 aromatic rings. The van der Waals surface area contributed by atoms with Crippen LogP contribution in [0.15, 0.2) is 155 Å². The first-order valence-electron chi connectivity index (χ1n) is 31.1. The molecule has 0 amide bonds. The van der Waals surface area contributed by atoms with Crippen LogP contribution in [0, 0.1) is 48.8 Å². The number of ether oxygens (including phenoxy) is 4. The van der Waals surface area contributed by atoms with Crippen LogP contribution in [0.2, 0.25) is 10.3 Å². The van der Waals surface area contributed by atoms with Crippen molar-refractivity contribution in [3.05, 3.63) is 202 Å². The van der Waals surface area contributed by atoms with Crippen LogP contribution in [0.5, 0.6) is 23.1 Å². The van der Waals surface area contributed by atoms with Crippen LogP contribution in [0.1, 0.15) is 18.1 Å². The Morgan fingerprint density at radius 2 is 0.822 bits per heavy atom. The van der Waals surface area contributed by atoms with E-state index in [0.29, 0.717) is 59.9 Å². The number of aryl methyl sites for hydroxylation is 2. The summed E-state index contributed by atoms with van der Waals surface area (Å²) in [7, 11) is -3.12. The average molecular weight is 1580 g/mol. The molecule has 0 aliphatic rings. The minimum Gasteiger partial charge on any atom is -0.497 e. The Balaban J connectivity index is 0.000000155. The van der Waals surface area contributed by atoms with E-state index in [-0.39, 0.29) is 77.9 Å². The highest BCUT2D eigenvalue weighted by Gasteiger charge is 2.49. The third-order valence-electron chi connectivity index (χ3n) is 16.0. The first kappa shape index (κ1) is 78.8. The van der Waals surface area contributed by atoms with Crippen LogP contribution < -0.4 is 18.4 Å². The first-order chi connectivity index (χ1) is 50.4. The maximum absolute atomic E-state index is 14.5. The van der Waals surface area contributed by atoms with Gasteiger partial charge in [-0.3, -0.25) is 0 Å². The molecule has 13 rings (SSSR count). The van der Waals surface area contributed by atoms with Gasteiger partial charge in [0.25, 0.3) is 0 Å². The summed E-state index contributed by atoms with van der Waals surface area (Å²) < 4.78 is 221. The molecule has 3 N–H and O–H groups in total. The number of halogens is 11. The van der Waals surface area contributed by atoms with Gasteiger partial charge in [-0.2, -0.15) is 21.6 Å². The number of aromatic nitrogens is 8. The minimum atomic E-state index is -5.97. The second-order valence-corrected chi connectivity index (χ2v) is 30.0. The Labute approximate surface area is 614 Å². The van der Waals surface area contributed by atoms with E-state index in [9.17, 15) is 69.6 Å². The summed E-state index contributed by atoms with van der Waals surface area (Å²) in [5, 5.41) is 0.308. The van der Waals surface area contributed by atoms with E-state index in [1.807, 2.05) is 0 Å². The summed E-state index contributed by atoms with van der Waals surface area (Å²) in [6, 6.07) is 34.9. The van der Waals surface area contributed by atoms with Crippen molar-refractivity contribution in [1.82, 2.24) is 48.1 Å². The van der Waals surface area contributed by atoms with Gasteiger partial charge in [-0.05, 0) is 123 Å². The van der Waals surface area contributed by atoms with Crippen molar-refractivity contribution in [2.75, 3.05) is 56.1 Å². The fraction of sp³-hybridized carbons (Fsp3) is 0.169. The number of sulfonamides is 2. The molecular formula is C71H59Cl2F9N10O12S3. The summed E-state index contributed by atoms with van der Waals surface area (Å²) in [5.41, 5.74) is 2.24. The number of nitrogens with one attached hydrogen (secondary N) is 3. The van der Waals surface area contributed by atoms with Crippen LogP contribution in [-0.4, -0.2) is 141 Å². The van der Waals surface area contributed by atoms with Gasteiger partial charge >= 0.3 is 21.7 Å². The number of H-pyrrole nitrogens is 3. The number of carbonyl (C=O) groups is 1. The van der Waals surface area contributed by atoms with Gasteiger partial charge in [0.1, 0.15) is 62.5 Å². The van der Waals surface area contributed by atoms with E-state index in [1.165, 1.54) is 80.7 Å². The molecule has 36 heteroatoms. The van der Waals surface area contributed by atoms with Gasteiger partial charge in [-0.25, -0.2) is 81.1 Å².